The van der Waals surface area contributed by atoms with Gasteiger partial charge in [-0.25, -0.2) is 4.79 Å². The lowest BCUT2D eigenvalue weighted by atomic mass is 9.47. The Morgan fingerprint density at radius 3 is 2.16 bits per heavy atom. The van der Waals surface area contributed by atoms with E-state index in [1.807, 2.05) is 0 Å². The zero-order valence-corrected chi connectivity index (χ0v) is 34.2. The summed E-state index contributed by atoms with van der Waals surface area (Å²) < 4.78 is 6.03. The molecule has 50 heavy (non-hydrogen) atoms. The van der Waals surface area contributed by atoms with Gasteiger partial charge in [-0.1, -0.05) is 143 Å². The van der Waals surface area contributed by atoms with Crippen LogP contribution in [0.5, 0.6) is 0 Å². The third kappa shape index (κ3) is 11.7. The molecule has 4 aliphatic rings. The van der Waals surface area contributed by atoms with Crippen molar-refractivity contribution < 1.29 is 9.53 Å². The van der Waals surface area contributed by atoms with E-state index >= 15 is 0 Å². The maximum atomic E-state index is 12.7. The molecule has 1 unspecified atom stereocenters. The second kappa shape index (κ2) is 21.6. The number of allylic oxidation sites excluding steroid dienone is 1. The van der Waals surface area contributed by atoms with Crippen molar-refractivity contribution in [2.75, 3.05) is 19.6 Å². The zero-order valence-electron chi connectivity index (χ0n) is 34.2. The average molecular weight is 697 g/mol. The van der Waals surface area contributed by atoms with Crippen LogP contribution in [0.25, 0.3) is 0 Å². The first-order chi connectivity index (χ1) is 24.2. The molecule has 3 saturated carbocycles. The Balaban J connectivity index is 1.15. The highest BCUT2D eigenvalue weighted by Gasteiger charge is 2.59. The molecule has 4 rings (SSSR count). The Bertz CT molecular complexity index is 995. The lowest BCUT2D eigenvalue weighted by Gasteiger charge is -2.58. The van der Waals surface area contributed by atoms with E-state index in [4.69, 9.17) is 4.74 Å². The monoisotopic (exact) mass is 697 g/mol. The minimum atomic E-state index is -0.188. The molecule has 0 radical (unpaired) electrons. The fourth-order valence-corrected chi connectivity index (χ4v) is 11.8. The lowest BCUT2D eigenvalue weighted by molar-refractivity contribution is -0.0581. The molecule has 0 heterocycles. The summed E-state index contributed by atoms with van der Waals surface area (Å²) in [6, 6.07) is 0. The van der Waals surface area contributed by atoms with Crippen molar-refractivity contribution in [1.29, 1.82) is 0 Å². The number of rotatable bonds is 24. The second-order valence-corrected chi connectivity index (χ2v) is 18.6. The number of hydrogen-bond donors (Lipinski definition) is 2. The van der Waals surface area contributed by atoms with Crippen molar-refractivity contribution in [3.8, 4) is 0 Å². The quantitative estimate of drug-likeness (QED) is 0.0780. The van der Waals surface area contributed by atoms with Crippen molar-refractivity contribution in [3.05, 3.63) is 11.6 Å². The molecule has 4 aliphatic carbocycles. The predicted molar refractivity (Wildman–Crippen MR) is 214 cm³/mol. The summed E-state index contributed by atoms with van der Waals surface area (Å²) in [5.74, 6) is 5.11. The highest BCUT2D eigenvalue weighted by atomic mass is 16.6. The Hall–Kier alpha value is -1.03. The van der Waals surface area contributed by atoms with Gasteiger partial charge < -0.3 is 15.4 Å². The maximum Gasteiger partial charge on any atom is 0.407 e. The van der Waals surface area contributed by atoms with Crippen LogP contribution in [-0.4, -0.2) is 31.8 Å². The molecule has 0 aromatic heterocycles. The van der Waals surface area contributed by atoms with E-state index in [2.05, 4.69) is 58.3 Å². The van der Waals surface area contributed by atoms with Gasteiger partial charge in [0.1, 0.15) is 6.10 Å². The van der Waals surface area contributed by atoms with E-state index in [9.17, 15) is 4.79 Å². The van der Waals surface area contributed by atoms with E-state index < -0.39 is 0 Å². The molecule has 4 heteroatoms. The summed E-state index contributed by atoms with van der Waals surface area (Å²) in [5.41, 5.74) is 2.45. The van der Waals surface area contributed by atoms with Crippen LogP contribution >= 0.6 is 0 Å². The SMILES string of the molecule is CCCCCCCCCCCCNC(=O)O[C@H]1CC[C@@]2(C)C(=CC[C@H]3[C@@H]4CC[C@H]([C@H](C)CCCC(C)CNCCCCCC)[C@@]4(C)CC[C@@H]32)C1. The standard InChI is InChI=1S/C46H84N2O2/c1-7-9-11-13-14-15-16-17-18-20-33-48-44(49)50-39-28-30-45(5)38(34-39)24-25-40-42-27-26-41(46(42,6)31-29-43(40)45)37(4)23-21-22-36(3)35-47-32-19-12-10-8-2/h24,36-37,39-43,47H,7-23,25-35H2,1-6H3,(H,48,49)/t36?,37-,39+,40+,41-,42+,43+,45+,46-/m1/s1. The highest BCUT2D eigenvalue weighted by molar-refractivity contribution is 5.67. The molecular weight excluding hydrogens is 613 g/mol. The number of fused-ring (bicyclic) bond motifs is 5. The summed E-state index contributed by atoms with van der Waals surface area (Å²) in [6.07, 6.45) is 35.5. The molecule has 2 N–H and O–H groups in total. The van der Waals surface area contributed by atoms with Crippen molar-refractivity contribution in [1.82, 2.24) is 10.6 Å². The number of nitrogens with one attached hydrogen (secondary N) is 2. The van der Waals surface area contributed by atoms with Crippen LogP contribution < -0.4 is 10.6 Å². The Labute approximate surface area is 311 Å². The molecule has 0 saturated heterocycles. The molecule has 0 aromatic rings. The predicted octanol–water partition coefficient (Wildman–Crippen LogP) is 13.2. The largest absolute Gasteiger partial charge is 0.446 e. The van der Waals surface area contributed by atoms with E-state index in [1.165, 1.54) is 154 Å². The molecule has 0 spiro atoms. The van der Waals surface area contributed by atoms with E-state index in [-0.39, 0.29) is 12.2 Å². The van der Waals surface area contributed by atoms with Crippen LogP contribution in [0.3, 0.4) is 0 Å². The lowest BCUT2D eigenvalue weighted by Crippen LogP contribution is -2.51. The third-order valence-electron chi connectivity index (χ3n) is 14.9. The van der Waals surface area contributed by atoms with Crippen molar-refractivity contribution in [2.45, 2.75) is 208 Å². The molecule has 1 amide bonds. The first-order valence-corrected chi connectivity index (χ1v) is 22.6. The summed E-state index contributed by atoms with van der Waals surface area (Å²) in [6.45, 7) is 18.1. The summed E-state index contributed by atoms with van der Waals surface area (Å²) in [7, 11) is 0. The fourth-order valence-electron chi connectivity index (χ4n) is 11.8. The van der Waals surface area contributed by atoms with Gasteiger partial charge in [-0.3, -0.25) is 0 Å². The van der Waals surface area contributed by atoms with Crippen LogP contribution in [0.2, 0.25) is 0 Å². The Morgan fingerprint density at radius 2 is 1.44 bits per heavy atom. The molecule has 9 atom stereocenters. The van der Waals surface area contributed by atoms with Crippen molar-refractivity contribution in [2.24, 2.45) is 46.3 Å². The fraction of sp³-hybridized carbons (Fsp3) is 0.935. The van der Waals surface area contributed by atoms with Gasteiger partial charge in [-0.15, -0.1) is 0 Å². The second-order valence-electron chi connectivity index (χ2n) is 18.6. The third-order valence-corrected chi connectivity index (χ3v) is 14.9. The Kier molecular flexibility index (Phi) is 18.0. The number of carbonyl (C=O) groups excluding carboxylic acids is 1. The maximum absolute atomic E-state index is 12.7. The van der Waals surface area contributed by atoms with Crippen LogP contribution in [0.15, 0.2) is 11.6 Å². The summed E-state index contributed by atoms with van der Waals surface area (Å²) in [5, 5.41) is 6.81. The normalized spacial score (nSPS) is 31.6. The van der Waals surface area contributed by atoms with E-state index in [1.54, 1.807) is 5.57 Å². The number of ether oxygens (including phenoxy) is 1. The molecular formula is C46H84N2O2. The summed E-state index contributed by atoms with van der Waals surface area (Å²) >= 11 is 0. The smallest absolute Gasteiger partial charge is 0.407 e. The minimum absolute atomic E-state index is 0.0495. The van der Waals surface area contributed by atoms with Gasteiger partial charge in [0.25, 0.3) is 0 Å². The van der Waals surface area contributed by atoms with Crippen LogP contribution in [0.4, 0.5) is 4.79 Å². The molecule has 0 aromatic carbocycles. The van der Waals surface area contributed by atoms with Gasteiger partial charge in [0, 0.05) is 13.0 Å². The average Bonchev–Trinajstić information content (AvgIpc) is 3.46. The van der Waals surface area contributed by atoms with Gasteiger partial charge in [0.15, 0.2) is 0 Å². The van der Waals surface area contributed by atoms with E-state index in [0.717, 1.165) is 61.3 Å². The van der Waals surface area contributed by atoms with E-state index in [0.29, 0.717) is 10.8 Å². The topological polar surface area (TPSA) is 50.4 Å². The number of hydrogen-bond acceptors (Lipinski definition) is 3. The molecule has 290 valence electrons. The van der Waals surface area contributed by atoms with Gasteiger partial charge >= 0.3 is 6.09 Å². The van der Waals surface area contributed by atoms with Crippen LogP contribution in [0, 0.1) is 46.3 Å². The van der Waals surface area contributed by atoms with Gasteiger partial charge in [0.2, 0.25) is 0 Å². The molecule has 0 bridgehead atoms. The number of amides is 1. The van der Waals surface area contributed by atoms with Crippen LogP contribution in [0.1, 0.15) is 202 Å². The number of unbranched alkanes of at least 4 members (excludes halogenated alkanes) is 12. The molecule has 0 aliphatic heterocycles. The van der Waals surface area contributed by atoms with Crippen molar-refractivity contribution >= 4 is 6.09 Å². The zero-order chi connectivity index (χ0) is 35.8. The number of carbonyl (C=O) groups is 1. The van der Waals surface area contributed by atoms with Crippen molar-refractivity contribution in [3.63, 3.8) is 0 Å². The summed E-state index contributed by atoms with van der Waals surface area (Å²) in [4.78, 5) is 12.7. The molecule has 4 nitrogen and oxygen atoms in total. The minimum Gasteiger partial charge on any atom is -0.446 e. The highest BCUT2D eigenvalue weighted by Crippen LogP contribution is 2.67. The Morgan fingerprint density at radius 1 is 0.780 bits per heavy atom. The first-order valence-electron chi connectivity index (χ1n) is 22.6. The van der Waals surface area contributed by atoms with Crippen LogP contribution in [-0.2, 0) is 4.74 Å². The molecule has 3 fully saturated rings. The van der Waals surface area contributed by atoms with Gasteiger partial charge in [-0.2, -0.15) is 0 Å². The number of alkyl carbamates (subject to hydrolysis) is 1. The van der Waals surface area contributed by atoms with Gasteiger partial charge in [-0.05, 0) is 124 Å². The van der Waals surface area contributed by atoms with Gasteiger partial charge in [0.05, 0.1) is 0 Å². The first kappa shape index (κ1) is 41.7.